The molecule has 1 heterocycles. The SMILES string of the molecule is CC(=O)N1CCN(C2CCC(c3ccccc3)CC2)C[C@](O)(COc2ccccc2)C1. The minimum atomic E-state index is -1.09. The smallest absolute Gasteiger partial charge is 0.219 e. The topological polar surface area (TPSA) is 53.0 Å². The van der Waals surface area contributed by atoms with Gasteiger partial charge in [0.15, 0.2) is 0 Å². The molecule has 2 fully saturated rings. The molecule has 2 aromatic rings. The van der Waals surface area contributed by atoms with Crippen molar-refractivity contribution in [3.8, 4) is 5.75 Å². The van der Waals surface area contributed by atoms with E-state index in [0.29, 0.717) is 31.6 Å². The van der Waals surface area contributed by atoms with Crippen molar-refractivity contribution in [2.45, 2.75) is 50.2 Å². The molecule has 4 rings (SSSR count). The normalized spacial score (nSPS) is 27.5. The molecule has 1 aliphatic heterocycles. The highest BCUT2D eigenvalue weighted by Gasteiger charge is 2.39. The van der Waals surface area contributed by atoms with Gasteiger partial charge in [-0.15, -0.1) is 0 Å². The number of nitrogens with zero attached hydrogens (tertiary/aromatic N) is 2. The van der Waals surface area contributed by atoms with E-state index < -0.39 is 5.60 Å². The van der Waals surface area contributed by atoms with Crippen LogP contribution >= 0.6 is 0 Å². The summed E-state index contributed by atoms with van der Waals surface area (Å²) in [7, 11) is 0. The summed E-state index contributed by atoms with van der Waals surface area (Å²) in [4.78, 5) is 16.3. The number of amides is 1. The average Bonchev–Trinajstić information content (AvgIpc) is 2.99. The molecule has 0 radical (unpaired) electrons. The quantitative estimate of drug-likeness (QED) is 0.799. The van der Waals surface area contributed by atoms with Crippen molar-refractivity contribution in [2.24, 2.45) is 0 Å². The highest BCUT2D eigenvalue weighted by Crippen LogP contribution is 2.35. The Kier molecular flexibility index (Phi) is 6.93. The van der Waals surface area contributed by atoms with Gasteiger partial charge in [-0.1, -0.05) is 48.5 Å². The fourth-order valence-electron chi connectivity index (χ4n) is 5.10. The molecule has 0 unspecified atom stereocenters. The van der Waals surface area contributed by atoms with Crippen LogP contribution in [0.1, 0.15) is 44.1 Å². The molecule has 166 valence electrons. The van der Waals surface area contributed by atoms with E-state index >= 15 is 0 Å². The van der Waals surface area contributed by atoms with E-state index in [-0.39, 0.29) is 12.5 Å². The van der Waals surface area contributed by atoms with Crippen molar-refractivity contribution in [3.63, 3.8) is 0 Å². The van der Waals surface area contributed by atoms with Crippen LogP contribution in [-0.4, -0.2) is 65.2 Å². The minimum Gasteiger partial charge on any atom is -0.490 e. The Morgan fingerprint density at radius 1 is 0.968 bits per heavy atom. The van der Waals surface area contributed by atoms with E-state index in [0.717, 1.165) is 25.1 Å². The van der Waals surface area contributed by atoms with Crippen LogP contribution in [0.5, 0.6) is 5.75 Å². The molecule has 2 aromatic carbocycles. The van der Waals surface area contributed by atoms with Gasteiger partial charge >= 0.3 is 0 Å². The van der Waals surface area contributed by atoms with Crippen molar-refractivity contribution < 1.29 is 14.6 Å². The van der Waals surface area contributed by atoms with Crippen molar-refractivity contribution in [3.05, 3.63) is 66.2 Å². The highest BCUT2D eigenvalue weighted by molar-refractivity contribution is 5.73. The van der Waals surface area contributed by atoms with Gasteiger partial charge < -0.3 is 14.7 Å². The van der Waals surface area contributed by atoms with Gasteiger partial charge in [0.25, 0.3) is 0 Å². The highest BCUT2D eigenvalue weighted by atomic mass is 16.5. The van der Waals surface area contributed by atoms with Crippen molar-refractivity contribution in [1.82, 2.24) is 9.80 Å². The van der Waals surface area contributed by atoms with Crippen LogP contribution in [0.3, 0.4) is 0 Å². The molecule has 2 aliphatic rings. The number of ether oxygens (including phenoxy) is 1. The maximum absolute atomic E-state index is 12.2. The second-order valence-corrected chi connectivity index (χ2v) is 9.15. The molecule has 1 saturated carbocycles. The summed E-state index contributed by atoms with van der Waals surface area (Å²) in [6.45, 7) is 4.06. The Morgan fingerprint density at radius 2 is 1.61 bits per heavy atom. The lowest BCUT2D eigenvalue weighted by Gasteiger charge is -2.39. The Morgan fingerprint density at radius 3 is 2.26 bits per heavy atom. The maximum Gasteiger partial charge on any atom is 0.219 e. The van der Waals surface area contributed by atoms with E-state index in [2.05, 4.69) is 35.2 Å². The first-order valence-corrected chi connectivity index (χ1v) is 11.5. The van der Waals surface area contributed by atoms with Crippen LogP contribution < -0.4 is 4.74 Å². The van der Waals surface area contributed by atoms with Crippen molar-refractivity contribution in [1.29, 1.82) is 0 Å². The zero-order chi connectivity index (χ0) is 21.7. The molecular weight excluding hydrogens is 388 g/mol. The number of para-hydroxylation sites is 1. The largest absolute Gasteiger partial charge is 0.490 e. The first kappa shape index (κ1) is 21.8. The number of aliphatic hydroxyl groups is 1. The number of β-amino-alcohol motifs (C(OH)–C–C–N with tert-alkyl or cyclic N) is 1. The molecule has 1 amide bonds. The van der Waals surface area contributed by atoms with Gasteiger partial charge in [0.1, 0.15) is 18.0 Å². The Balaban J connectivity index is 1.42. The van der Waals surface area contributed by atoms with Crippen LogP contribution in [-0.2, 0) is 4.79 Å². The van der Waals surface area contributed by atoms with Gasteiger partial charge in [0.05, 0.1) is 6.54 Å². The number of benzene rings is 2. The van der Waals surface area contributed by atoms with Crippen LogP contribution in [0.4, 0.5) is 0 Å². The summed E-state index contributed by atoms with van der Waals surface area (Å²) in [5.74, 6) is 1.37. The molecule has 0 spiro atoms. The Labute approximate surface area is 185 Å². The number of carbonyl (C=O) groups is 1. The first-order valence-electron chi connectivity index (χ1n) is 11.5. The maximum atomic E-state index is 12.2. The lowest BCUT2D eigenvalue weighted by atomic mass is 9.81. The molecule has 1 atom stereocenters. The third-order valence-electron chi connectivity index (χ3n) is 6.82. The fraction of sp³-hybridized carbons (Fsp3) is 0.500. The minimum absolute atomic E-state index is 0.00720. The predicted molar refractivity (Wildman–Crippen MR) is 122 cm³/mol. The van der Waals surface area contributed by atoms with Crippen molar-refractivity contribution >= 4 is 5.91 Å². The van der Waals surface area contributed by atoms with Crippen LogP contribution in [0.15, 0.2) is 60.7 Å². The average molecular weight is 423 g/mol. The second kappa shape index (κ2) is 9.84. The third-order valence-corrected chi connectivity index (χ3v) is 6.82. The van der Waals surface area contributed by atoms with E-state index in [1.807, 2.05) is 30.3 Å². The number of hydrogen-bond donors (Lipinski definition) is 1. The van der Waals surface area contributed by atoms with Crippen LogP contribution in [0.25, 0.3) is 0 Å². The lowest BCUT2D eigenvalue weighted by molar-refractivity contribution is -0.132. The lowest BCUT2D eigenvalue weighted by Crippen LogP contribution is -2.53. The summed E-state index contributed by atoms with van der Waals surface area (Å²) >= 11 is 0. The molecule has 1 saturated heterocycles. The monoisotopic (exact) mass is 422 g/mol. The van der Waals surface area contributed by atoms with E-state index in [1.54, 1.807) is 11.8 Å². The standard InChI is InChI=1S/C26H34N2O3/c1-21(29)27-16-17-28(19-26(30,18-27)20-31-25-10-6-3-7-11-25)24-14-12-23(13-15-24)22-8-4-2-5-9-22/h2-11,23-24,30H,12-20H2,1H3/t23?,24?,26-/m0/s1. The fourth-order valence-corrected chi connectivity index (χ4v) is 5.10. The summed E-state index contributed by atoms with van der Waals surface area (Å²) in [6, 6.07) is 20.8. The molecule has 0 bridgehead atoms. The van der Waals surface area contributed by atoms with E-state index in [1.165, 1.54) is 18.4 Å². The Bertz CT molecular complexity index is 836. The summed E-state index contributed by atoms with van der Waals surface area (Å²) in [5, 5.41) is 11.5. The van der Waals surface area contributed by atoms with E-state index in [4.69, 9.17) is 4.74 Å². The zero-order valence-electron chi connectivity index (χ0n) is 18.5. The molecule has 31 heavy (non-hydrogen) atoms. The first-order chi connectivity index (χ1) is 15.0. The van der Waals surface area contributed by atoms with Gasteiger partial charge in [0.2, 0.25) is 5.91 Å². The summed E-state index contributed by atoms with van der Waals surface area (Å²) < 4.78 is 5.93. The molecule has 1 N–H and O–H groups in total. The van der Waals surface area contributed by atoms with Crippen LogP contribution in [0, 0.1) is 0 Å². The van der Waals surface area contributed by atoms with Crippen LogP contribution in [0.2, 0.25) is 0 Å². The van der Waals surface area contributed by atoms with Crippen molar-refractivity contribution in [2.75, 3.05) is 32.8 Å². The number of rotatable bonds is 5. The summed E-state index contributed by atoms with van der Waals surface area (Å²) in [6.07, 6.45) is 4.58. The molecule has 5 heteroatoms. The zero-order valence-corrected chi connectivity index (χ0v) is 18.5. The molecular formula is C26H34N2O3. The number of carbonyl (C=O) groups excluding carboxylic acids is 1. The summed E-state index contributed by atoms with van der Waals surface area (Å²) in [5.41, 5.74) is 0.348. The molecule has 1 aliphatic carbocycles. The third kappa shape index (κ3) is 5.66. The second-order valence-electron chi connectivity index (χ2n) is 9.15. The molecule has 0 aromatic heterocycles. The van der Waals surface area contributed by atoms with Gasteiger partial charge in [-0.25, -0.2) is 0 Å². The van der Waals surface area contributed by atoms with Gasteiger partial charge in [-0.05, 0) is 49.3 Å². The van der Waals surface area contributed by atoms with Gasteiger partial charge in [-0.2, -0.15) is 0 Å². The Hall–Kier alpha value is -2.37. The predicted octanol–water partition coefficient (Wildman–Crippen LogP) is 3.69. The van der Waals surface area contributed by atoms with Gasteiger partial charge in [0, 0.05) is 32.6 Å². The van der Waals surface area contributed by atoms with E-state index in [9.17, 15) is 9.90 Å². The number of hydrogen-bond acceptors (Lipinski definition) is 4. The molecule has 5 nitrogen and oxygen atoms in total. The van der Waals surface area contributed by atoms with Gasteiger partial charge in [-0.3, -0.25) is 9.69 Å².